The van der Waals surface area contributed by atoms with Gasteiger partial charge in [0.2, 0.25) is 11.9 Å². The fourth-order valence-electron chi connectivity index (χ4n) is 1.42. The molecule has 1 aromatic heterocycles. The van der Waals surface area contributed by atoms with Crippen molar-refractivity contribution < 1.29 is 14.2 Å². The van der Waals surface area contributed by atoms with Crippen molar-refractivity contribution in [3.05, 3.63) is 0 Å². The third kappa shape index (κ3) is 7.05. The van der Waals surface area contributed by atoms with Gasteiger partial charge in [0, 0.05) is 20.3 Å². The van der Waals surface area contributed by atoms with Crippen LogP contribution in [0.1, 0.15) is 19.8 Å². The lowest BCUT2D eigenvalue weighted by molar-refractivity contribution is 0.0691. The van der Waals surface area contributed by atoms with Gasteiger partial charge < -0.3 is 25.3 Å². The molecule has 114 valence electrons. The molecule has 0 unspecified atom stereocenters. The molecule has 0 amide bonds. The molecule has 0 aliphatic heterocycles. The Bertz CT molecular complexity index is 378. The summed E-state index contributed by atoms with van der Waals surface area (Å²) in [6.07, 6.45) is 1.90. The van der Waals surface area contributed by atoms with E-state index in [2.05, 4.69) is 20.3 Å². The second-order valence-electron chi connectivity index (χ2n) is 3.97. The van der Waals surface area contributed by atoms with Gasteiger partial charge in [-0.05, 0) is 19.8 Å². The molecule has 0 radical (unpaired) electrons. The first kappa shape index (κ1) is 16.4. The van der Waals surface area contributed by atoms with Crippen molar-refractivity contribution in [1.29, 1.82) is 0 Å². The molecule has 0 saturated heterocycles. The second kappa shape index (κ2) is 10.2. The van der Waals surface area contributed by atoms with Gasteiger partial charge in [0.15, 0.2) is 0 Å². The van der Waals surface area contributed by atoms with E-state index in [9.17, 15) is 0 Å². The first-order valence-electron chi connectivity index (χ1n) is 6.71. The van der Waals surface area contributed by atoms with Gasteiger partial charge >= 0.3 is 6.01 Å². The molecule has 20 heavy (non-hydrogen) atoms. The van der Waals surface area contributed by atoms with Gasteiger partial charge in [-0.3, -0.25) is 0 Å². The fourth-order valence-corrected chi connectivity index (χ4v) is 1.42. The summed E-state index contributed by atoms with van der Waals surface area (Å²) < 4.78 is 15.4. The summed E-state index contributed by atoms with van der Waals surface area (Å²) in [4.78, 5) is 12.0. The van der Waals surface area contributed by atoms with E-state index in [0.717, 1.165) is 19.4 Å². The molecule has 0 spiro atoms. The zero-order chi connectivity index (χ0) is 14.6. The maximum atomic E-state index is 5.57. The Labute approximate surface area is 119 Å². The summed E-state index contributed by atoms with van der Waals surface area (Å²) in [5.74, 6) is 0.579. The van der Waals surface area contributed by atoms with Crippen molar-refractivity contribution in [2.24, 2.45) is 0 Å². The third-order valence-electron chi connectivity index (χ3n) is 2.34. The van der Waals surface area contributed by atoms with Gasteiger partial charge in [0.25, 0.3) is 0 Å². The quantitative estimate of drug-likeness (QED) is 0.573. The summed E-state index contributed by atoms with van der Waals surface area (Å²) in [6.45, 7) is 5.06. The molecular formula is C12H23N5O3. The van der Waals surface area contributed by atoms with Crippen LogP contribution >= 0.6 is 0 Å². The Morgan fingerprint density at radius 3 is 2.70 bits per heavy atom. The van der Waals surface area contributed by atoms with Gasteiger partial charge in [-0.15, -0.1) is 0 Å². The highest BCUT2D eigenvalue weighted by molar-refractivity contribution is 5.32. The molecule has 0 aliphatic rings. The number of rotatable bonds is 11. The van der Waals surface area contributed by atoms with Gasteiger partial charge in [-0.25, -0.2) is 0 Å². The van der Waals surface area contributed by atoms with Crippen molar-refractivity contribution in [3.63, 3.8) is 0 Å². The number of nitrogens with zero attached hydrogens (tertiary/aromatic N) is 3. The van der Waals surface area contributed by atoms with Gasteiger partial charge in [0.05, 0.1) is 19.8 Å². The van der Waals surface area contributed by atoms with E-state index in [1.807, 2.05) is 6.92 Å². The number of hydrogen-bond acceptors (Lipinski definition) is 8. The van der Waals surface area contributed by atoms with Crippen molar-refractivity contribution in [1.82, 2.24) is 15.0 Å². The second-order valence-corrected chi connectivity index (χ2v) is 3.97. The average molecular weight is 285 g/mol. The fraction of sp³-hybridized carbons (Fsp3) is 0.750. The predicted octanol–water partition coefficient (Wildman–Crippen LogP) is 0.708. The van der Waals surface area contributed by atoms with Crippen molar-refractivity contribution in [3.8, 4) is 6.01 Å². The molecule has 1 aromatic rings. The summed E-state index contributed by atoms with van der Waals surface area (Å²) in [6, 6.07) is 0.241. The van der Waals surface area contributed by atoms with E-state index in [-0.39, 0.29) is 12.0 Å². The van der Waals surface area contributed by atoms with Crippen LogP contribution in [0.4, 0.5) is 11.9 Å². The minimum absolute atomic E-state index is 0.147. The summed E-state index contributed by atoms with van der Waals surface area (Å²) >= 11 is 0. The number of aromatic nitrogens is 3. The number of hydrogen-bond donors (Lipinski definition) is 2. The van der Waals surface area contributed by atoms with Crippen LogP contribution in [-0.2, 0) is 9.47 Å². The lowest BCUT2D eigenvalue weighted by Gasteiger charge is -2.07. The Morgan fingerprint density at radius 1 is 1.10 bits per heavy atom. The average Bonchev–Trinajstić information content (AvgIpc) is 2.41. The van der Waals surface area contributed by atoms with Crippen LogP contribution in [0.5, 0.6) is 6.01 Å². The van der Waals surface area contributed by atoms with E-state index in [0.29, 0.717) is 32.4 Å². The van der Waals surface area contributed by atoms with Crippen LogP contribution in [0.3, 0.4) is 0 Å². The Hall–Kier alpha value is -1.67. The molecule has 3 N–H and O–H groups in total. The smallest absolute Gasteiger partial charge is 0.323 e. The molecular weight excluding hydrogens is 262 g/mol. The van der Waals surface area contributed by atoms with E-state index in [1.54, 1.807) is 7.11 Å². The lowest BCUT2D eigenvalue weighted by atomic mass is 10.3. The number of ether oxygens (including phenoxy) is 3. The number of anilines is 2. The SMILES string of the molecule is CCOc1nc(N)nc(NCCCCOCCOC)n1. The van der Waals surface area contributed by atoms with Crippen LogP contribution < -0.4 is 15.8 Å². The van der Waals surface area contributed by atoms with Gasteiger partial charge in [-0.2, -0.15) is 15.0 Å². The standard InChI is InChI=1S/C12H23N5O3/c1-3-20-12-16-10(13)15-11(17-12)14-6-4-5-7-19-9-8-18-2/h3-9H2,1-2H3,(H3,13,14,15,16,17). The van der Waals surface area contributed by atoms with Crippen LogP contribution in [0.25, 0.3) is 0 Å². The molecule has 0 aliphatic carbocycles. The van der Waals surface area contributed by atoms with Crippen LogP contribution in [-0.4, -0.2) is 55.0 Å². The van der Waals surface area contributed by atoms with Crippen molar-refractivity contribution in [2.75, 3.05) is 51.1 Å². The monoisotopic (exact) mass is 285 g/mol. The minimum atomic E-state index is 0.147. The van der Waals surface area contributed by atoms with Crippen LogP contribution in [0, 0.1) is 0 Å². The van der Waals surface area contributed by atoms with Crippen molar-refractivity contribution >= 4 is 11.9 Å². The van der Waals surface area contributed by atoms with Crippen molar-refractivity contribution in [2.45, 2.75) is 19.8 Å². The highest BCUT2D eigenvalue weighted by Gasteiger charge is 2.04. The van der Waals surface area contributed by atoms with Crippen LogP contribution in [0.15, 0.2) is 0 Å². The molecule has 8 heteroatoms. The zero-order valence-electron chi connectivity index (χ0n) is 12.1. The Morgan fingerprint density at radius 2 is 1.95 bits per heavy atom. The van der Waals surface area contributed by atoms with Crippen LogP contribution in [0.2, 0.25) is 0 Å². The molecule has 0 saturated carbocycles. The third-order valence-corrected chi connectivity index (χ3v) is 2.34. The maximum absolute atomic E-state index is 5.57. The highest BCUT2D eigenvalue weighted by Crippen LogP contribution is 2.08. The topological polar surface area (TPSA) is 104 Å². The molecule has 1 rings (SSSR count). The van der Waals surface area contributed by atoms with E-state index < -0.39 is 0 Å². The maximum Gasteiger partial charge on any atom is 0.323 e. The van der Waals surface area contributed by atoms with Gasteiger partial charge in [-0.1, -0.05) is 0 Å². The minimum Gasteiger partial charge on any atom is -0.464 e. The number of unbranched alkanes of at least 4 members (excludes halogenated alkanes) is 1. The van der Waals surface area contributed by atoms with E-state index in [4.69, 9.17) is 19.9 Å². The highest BCUT2D eigenvalue weighted by atomic mass is 16.5. The Kier molecular flexibility index (Phi) is 8.32. The molecule has 0 atom stereocenters. The zero-order valence-corrected chi connectivity index (χ0v) is 12.1. The molecule has 8 nitrogen and oxygen atoms in total. The number of nitrogens with two attached hydrogens (primary N) is 1. The molecule has 0 aromatic carbocycles. The number of methoxy groups -OCH3 is 1. The molecule has 0 bridgehead atoms. The summed E-state index contributed by atoms with van der Waals surface area (Å²) in [5, 5.41) is 3.08. The molecule has 1 heterocycles. The number of nitrogens with one attached hydrogen (secondary N) is 1. The summed E-state index contributed by atoms with van der Waals surface area (Å²) in [5.41, 5.74) is 5.57. The normalized spacial score (nSPS) is 10.5. The summed E-state index contributed by atoms with van der Waals surface area (Å²) in [7, 11) is 1.66. The lowest BCUT2D eigenvalue weighted by Crippen LogP contribution is -2.11. The largest absolute Gasteiger partial charge is 0.464 e. The Balaban J connectivity index is 2.18. The first-order chi connectivity index (χ1) is 9.76. The number of nitrogen functional groups attached to an aromatic ring is 1. The predicted molar refractivity (Wildman–Crippen MR) is 75.8 cm³/mol. The van der Waals surface area contributed by atoms with E-state index in [1.165, 1.54) is 0 Å². The molecule has 0 fully saturated rings. The first-order valence-corrected chi connectivity index (χ1v) is 6.71. The van der Waals surface area contributed by atoms with E-state index >= 15 is 0 Å². The van der Waals surface area contributed by atoms with Gasteiger partial charge in [0.1, 0.15) is 0 Å².